The first-order valence-electron chi connectivity index (χ1n) is 13.8. The fourth-order valence-corrected chi connectivity index (χ4v) is 6.14. The molecule has 202 valence electrons. The third kappa shape index (κ3) is 4.84. The van der Waals surface area contributed by atoms with Crippen LogP contribution in [0, 0.1) is 0 Å². The number of benzene rings is 4. The van der Waals surface area contributed by atoms with Gasteiger partial charge in [-0.05, 0) is 72.6 Å². The van der Waals surface area contributed by atoms with Gasteiger partial charge < -0.3 is 4.90 Å². The number of hydrogen-bond acceptors (Lipinski definition) is 4. The zero-order valence-electron chi connectivity index (χ0n) is 22.6. The van der Waals surface area contributed by atoms with E-state index in [0.29, 0.717) is 36.1 Å². The van der Waals surface area contributed by atoms with E-state index in [1.54, 1.807) is 4.57 Å². The van der Waals surface area contributed by atoms with Gasteiger partial charge in [0, 0.05) is 35.7 Å². The van der Waals surface area contributed by atoms with Crippen LogP contribution in [0.4, 0.5) is 0 Å². The van der Waals surface area contributed by atoms with Crippen molar-refractivity contribution in [1.82, 2.24) is 19.4 Å². The molecular weight excluding hydrogens is 564 g/mol. The number of piperazine rings is 1. The second kappa shape index (κ2) is 11.0. The van der Waals surface area contributed by atoms with E-state index < -0.39 is 0 Å². The van der Waals surface area contributed by atoms with Gasteiger partial charge >= 0.3 is 0 Å². The number of rotatable bonds is 5. The van der Waals surface area contributed by atoms with Crippen LogP contribution in [0.1, 0.15) is 42.5 Å². The van der Waals surface area contributed by atoms with Crippen molar-refractivity contribution in [2.24, 2.45) is 0 Å². The topological polar surface area (TPSA) is 58.4 Å². The standard InChI is InChI=1S/C33H31BrN4O2/c1-3-30(31-35-29-11-7-6-10-28(29)33(40)38(31)27-16-14-26(34)15-17-27)36-18-19-37(22(2)21-36)32(39)25-13-12-23-8-4-5-9-24(23)20-25/h4-17,20,22,30H,3,18-19,21H2,1-2H3. The summed E-state index contributed by atoms with van der Waals surface area (Å²) in [7, 11) is 0. The molecule has 6 nitrogen and oxygen atoms in total. The Kier molecular flexibility index (Phi) is 7.26. The molecule has 0 radical (unpaired) electrons. The molecule has 1 fully saturated rings. The molecule has 2 atom stereocenters. The van der Waals surface area contributed by atoms with Gasteiger partial charge in [0.2, 0.25) is 0 Å². The van der Waals surface area contributed by atoms with Crippen molar-refractivity contribution in [3.05, 3.63) is 117 Å². The Labute approximate surface area is 242 Å². The lowest BCUT2D eigenvalue weighted by Gasteiger charge is -2.43. The fraction of sp³-hybridized carbons (Fsp3) is 0.242. The Balaban J connectivity index is 1.32. The van der Waals surface area contributed by atoms with E-state index in [1.807, 2.05) is 89.8 Å². The van der Waals surface area contributed by atoms with Crippen LogP contribution >= 0.6 is 15.9 Å². The Morgan fingerprint density at radius 3 is 2.42 bits per heavy atom. The summed E-state index contributed by atoms with van der Waals surface area (Å²) in [4.78, 5) is 36.8. The average Bonchev–Trinajstić information content (AvgIpc) is 2.98. The van der Waals surface area contributed by atoms with Gasteiger partial charge in [-0.25, -0.2) is 4.98 Å². The second-order valence-corrected chi connectivity index (χ2v) is 11.3. The number of nitrogens with zero attached hydrogens (tertiary/aromatic N) is 4. The van der Waals surface area contributed by atoms with Gasteiger partial charge in [-0.3, -0.25) is 19.1 Å². The van der Waals surface area contributed by atoms with Crippen LogP contribution in [0.15, 0.2) is 100 Å². The molecule has 1 amide bonds. The van der Waals surface area contributed by atoms with Crippen molar-refractivity contribution in [3.63, 3.8) is 0 Å². The molecule has 1 aliphatic rings. The van der Waals surface area contributed by atoms with E-state index in [1.165, 1.54) is 0 Å². The number of carbonyl (C=O) groups excluding carboxylic acids is 1. The van der Waals surface area contributed by atoms with Crippen LogP contribution in [0.3, 0.4) is 0 Å². The maximum Gasteiger partial charge on any atom is 0.266 e. The van der Waals surface area contributed by atoms with E-state index in [-0.39, 0.29) is 23.6 Å². The van der Waals surface area contributed by atoms with Gasteiger partial charge in [0.25, 0.3) is 11.5 Å². The van der Waals surface area contributed by atoms with Crippen molar-refractivity contribution >= 4 is 43.5 Å². The number of amides is 1. The van der Waals surface area contributed by atoms with Gasteiger partial charge in [0.05, 0.1) is 22.6 Å². The van der Waals surface area contributed by atoms with Gasteiger partial charge in [-0.1, -0.05) is 65.3 Å². The van der Waals surface area contributed by atoms with E-state index in [2.05, 4.69) is 40.7 Å². The van der Waals surface area contributed by atoms with Crippen molar-refractivity contribution in [3.8, 4) is 5.69 Å². The summed E-state index contributed by atoms with van der Waals surface area (Å²) in [6, 6.07) is 29.3. The van der Waals surface area contributed by atoms with Crippen LogP contribution in [0.25, 0.3) is 27.4 Å². The van der Waals surface area contributed by atoms with Crippen LogP contribution < -0.4 is 5.56 Å². The van der Waals surface area contributed by atoms with E-state index in [4.69, 9.17) is 4.98 Å². The predicted octanol–water partition coefficient (Wildman–Crippen LogP) is 6.60. The fourth-order valence-electron chi connectivity index (χ4n) is 5.88. The SMILES string of the molecule is CCC(c1nc2ccccc2c(=O)n1-c1ccc(Br)cc1)N1CCN(C(=O)c2ccc3ccccc3c2)C(C)C1. The number of carbonyl (C=O) groups is 1. The Morgan fingerprint density at radius 2 is 1.68 bits per heavy atom. The summed E-state index contributed by atoms with van der Waals surface area (Å²) in [5.74, 6) is 0.789. The number of hydrogen-bond donors (Lipinski definition) is 0. The van der Waals surface area contributed by atoms with Crippen molar-refractivity contribution in [1.29, 1.82) is 0 Å². The summed E-state index contributed by atoms with van der Waals surface area (Å²) in [6.07, 6.45) is 0.784. The Morgan fingerprint density at radius 1 is 0.950 bits per heavy atom. The molecule has 1 aromatic heterocycles. The molecule has 0 spiro atoms. The van der Waals surface area contributed by atoms with Gasteiger partial charge in [-0.2, -0.15) is 0 Å². The van der Waals surface area contributed by atoms with Gasteiger partial charge in [0.1, 0.15) is 5.82 Å². The first-order valence-corrected chi connectivity index (χ1v) is 14.6. The number of aromatic nitrogens is 2. The van der Waals surface area contributed by atoms with E-state index >= 15 is 0 Å². The highest BCUT2D eigenvalue weighted by molar-refractivity contribution is 9.10. The molecule has 0 bridgehead atoms. The predicted molar refractivity (Wildman–Crippen MR) is 164 cm³/mol. The van der Waals surface area contributed by atoms with Gasteiger partial charge in [0.15, 0.2) is 0 Å². The zero-order chi connectivity index (χ0) is 27.8. The van der Waals surface area contributed by atoms with E-state index in [9.17, 15) is 9.59 Å². The molecule has 0 aliphatic carbocycles. The summed E-state index contributed by atoms with van der Waals surface area (Å²) >= 11 is 3.51. The molecule has 6 rings (SSSR count). The third-order valence-corrected chi connectivity index (χ3v) is 8.46. The zero-order valence-corrected chi connectivity index (χ0v) is 24.2. The largest absolute Gasteiger partial charge is 0.333 e. The third-order valence-electron chi connectivity index (χ3n) is 7.93. The minimum atomic E-state index is -0.0821. The molecule has 7 heteroatoms. The average molecular weight is 596 g/mol. The van der Waals surface area contributed by atoms with E-state index in [0.717, 1.165) is 33.2 Å². The molecule has 1 saturated heterocycles. The lowest BCUT2D eigenvalue weighted by atomic mass is 10.0. The quantitative estimate of drug-likeness (QED) is 0.230. The molecule has 0 N–H and O–H groups in total. The monoisotopic (exact) mass is 594 g/mol. The maximum atomic E-state index is 13.8. The minimum absolute atomic E-state index is 0.00933. The van der Waals surface area contributed by atoms with Crippen LogP contribution in [0.2, 0.25) is 0 Å². The summed E-state index contributed by atoms with van der Waals surface area (Å²) in [5, 5.41) is 2.80. The lowest BCUT2D eigenvalue weighted by Crippen LogP contribution is -2.55. The second-order valence-electron chi connectivity index (χ2n) is 10.4. The highest BCUT2D eigenvalue weighted by atomic mass is 79.9. The molecule has 1 aliphatic heterocycles. The molecule has 0 saturated carbocycles. The maximum absolute atomic E-state index is 13.8. The lowest BCUT2D eigenvalue weighted by molar-refractivity contribution is 0.0364. The van der Waals surface area contributed by atoms with Crippen molar-refractivity contribution < 1.29 is 4.79 Å². The van der Waals surface area contributed by atoms with Crippen LogP contribution in [-0.4, -0.2) is 50.9 Å². The number of para-hydroxylation sites is 1. The Hall–Kier alpha value is -3.81. The Bertz CT molecular complexity index is 1760. The first-order chi connectivity index (χ1) is 19.4. The molecule has 2 unspecified atom stereocenters. The van der Waals surface area contributed by atoms with Crippen molar-refractivity contribution in [2.45, 2.75) is 32.4 Å². The molecule has 4 aromatic carbocycles. The summed E-state index contributed by atoms with van der Waals surface area (Å²) in [5.41, 5.74) is 2.14. The van der Waals surface area contributed by atoms with Crippen molar-refractivity contribution in [2.75, 3.05) is 19.6 Å². The highest BCUT2D eigenvalue weighted by Crippen LogP contribution is 2.29. The number of halogens is 1. The van der Waals surface area contributed by atoms with Crippen LogP contribution in [0.5, 0.6) is 0 Å². The molecule has 2 heterocycles. The smallest absolute Gasteiger partial charge is 0.266 e. The van der Waals surface area contributed by atoms with Crippen LogP contribution in [-0.2, 0) is 0 Å². The number of fused-ring (bicyclic) bond motifs is 2. The molecular formula is C33H31BrN4O2. The first kappa shape index (κ1) is 26.4. The molecule has 40 heavy (non-hydrogen) atoms. The summed E-state index contributed by atoms with van der Waals surface area (Å²) in [6.45, 7) is 6.24. The highest BCUT2D eigenvalue weighted by Gasteiger charge is 2.33. The molecule has 5 aromatic rings. The van der Waals surface area contributed by atoms with Gasteiger partial charge in [-0.15, -0.1) is 0 Å². The minimum Gasteiger partial charge on any atom is -0.333 e. The summed E-state index contributed by atoms with van der Waals surface area (Å²) < 4.78 is 2.72. The normalized spacial score (nSPS) is 16.9.